The van der Waals surface area contributed by atoms with Crippen LogP contribution in [0.5, 0.6) is 0 Å². The molecule has 0 bridgehead atoms. The molecule has 1 saturated heterocycles. The summed E-state index contributed by atoms with van der Waals surface area (Å²) in [5.74, 6) is -1.60. The third-order valence-corrected chi connectivity index (χ3v) is 3.33. The third-order valence-electron chi connectivity index (χ3n) is 3.33. The van der Waals surface area contributed by atoms with Crippen molar-refractivity contribution >= 4 is 11.8 Å². The molecule has 1 atom stereocenters. The lowest BCUT2D eigenvalue weighted by molar-refractivity contribution is -0.139. The van der Waals surface area contributed by atoms with Crippen LogP contribution >= 0.6 is 0 Å². The molecule has 0 aliphatic carbocycles. The van der Waals surface area contributed by atoms with Crippen molar-refractivity contribution < 1.29 is 18.7 Å². The summed E-state index contributed by atoms with van der Waals surface area (Å²) in [5.41, 5.74) is 0.900. The summed E-state index contributed by atoms with van der Waals surface area (Å²) in [6, 6.07) is 6.04. The molecule has 21 heavy (non-hydrogen) atoms. The van der Waals surface area contributed by atoms with Crippen molar-refractivity contribution in [3.63, 3.8) is 0 Å². The van der Waals surface area contributed by atoms with E-state index >= 15 is 0 Å². The van der Waals surface area contributed by atoms with Gasteiger partial charge in [-0.1, -0.05) is 12.1 Å². The van der Waals surface area contributed by atoms with Gasteiger partial charge >= 0.3 is 11.8 Å². The number of hydrogen-bond acceptors (Lipinski definition) is 3. The van der Waals surface area contributed by atoms with Crippen molar-refractivity contribution in [1.82, 2.24) is 10.6 Å². The van der Waals surface area contributed by atoms with Crippen LogP contribution in [-0.4, -0.2) is 37.6 Å². The van der Waals surface area contributed by atoms with E-state index in [0.29, 0.717) is 26.1 Å². The molecule has 0 aromatic heterocycles. The third kappa shape index (κ3) is 5.15. The summed E-state index contributed by atoms with van der Waals surface area (Å²) in [7, 11) is 0. The summed E-state index contributed by atoms with van der Waals surface area (Å²) in [6.45, 7) is 1.41. The minimum atomic E-state index is -0.657. The van der Waals surface area contributed by atoms with Gasteiger partial charge in [-0.3, -0.25) is 9.59 Å². The second-order valence-electron chi connectivity index (χ2n) is 4.98. The van der Waals surface area contributed by atoms with Crippen LogP contribution in [0.4, 0.5) is 4.39 Å². The fourth-order valence-electron chi connectivity index (χ4n) is 2.14. The predicted molar refractivity (Wildman–Crippen MR) is 75.1 cm³/mol. The average Bonchev–Trinajstić information content (AvgIpc) is 3.00. The molecule has 1 fully saturated rings. The second kappa shape index (κ2) is 7.73. The number of halogens is 1. The second-order valence-corrected chi connectivity index (χ2v) is 4.98. The van der Waals surface area contributed by atoms with Gasteiger partial charge < -0.3 is 15.4 Å². The van der Waals surface area contributed by atoms with Crippen LogP contribution in [0.1, 0.15) is 18.4 Å². The van der Waals surface area contributed by atoms with Crippen molar-refractivity contribution in [2.75, 3.05) is 19.7 Å². The Labute approximate surface area is 122 Å². The highest BCUT2D eigenvalue weighted by molar-refractivity contribution is 6.35. The zero-order valence-electron chi connectivity index (χ0n) is 11.7. The zero-order valence-corrected chi connectivity index (χ0v) is 11.7. The van der Waals surface area contributed by atoms with Crippen molar-refractivity contribution in [1.29, 1.82) is 0 Å². The number of benzene rings is 1. The first kappa shape index (κ1) is 15.4. The van der Waals surface area contributed by atoms with E-state index in [9.17, 15) is 14.0 Å². The number of nitrogens with one attached hydrogen (secondary N) is 2. The highest BCUT2D eigenvalue weighted by atomic mass is 19.1. The smallest absolute Gasteiger partial charge is 0.309 e. The molecule has 2 rings (SSSR count). The SMILES string of the molecule is O=C(NCCc1ccc(F)cc1)C(=O)NC[C@H]1CCCO1. The first-order valence-electron chi connectivity index (χ1n) is 7.07. The topological polar surface area (TPSA) is 67.4 Å². The minimum absolute atomic E-state index is 0.0148. The summed E-state index contributed by atoms with van der Waals surface area (Å²) in [6.07, 6.45) is 2.46. The standard InChI is InChI=1S/C15H19FN2O3/c16-12-5-3-11(4-6-12)7-8-17-14(19)15(20)18-10-13-2-1-9-21-13/h3-6,13H,1-2,7-10H2,(H,17,19)(H,18,20)/t13-/m1/s1. The molecule has 0 saturated carbocycles. The van der Waals surface area contributed by atoms with Gasteiger partial charge in [0.1, 0.15) is 5.82 Å². The summed E-state index contributed by atoms with van der Waals surface area (Å²) >= 11 is 0. The molecule has 0 unspecified atom stereocenters. The zero-order chi connectivity index (χ0) is 15.1. The Morgan fingerprint density at radius 1 is 1.19 bits per heavy atom. The fourth-order valence-corrected chi connectivity index (χ4v) is 2.14. The Morgan fingerprint density at radius 2 is 1.90 bits per heavy atom. The van der Waals surface area contributed by atoms with Gasteiger partial charge in [0, 0.05) is 19.7 Å². The molecule has 5 nitrogen and oxygen atoms in total. The van der Waals surface area contributed by atoms with E-state index in [1.807, 2.05) is 0 Å². The lowest BCUT2D eigenvalue weighted by atomic mass is 10.1. The molecule has 2 amide bonds. The Bertz CT molecular complexity index is 484. The minimum Gasteiger partial charge on any atom is -0.376 e. The Balaban J connectivity index is 1.63. The van der Waals surface area contributed by atoms with Crippen molar-refractivity contribution in [2.45, 2.75) is 25.4 Å². The van der Waals surface area contributed by atoms with Gasteiger partial charge in [0.15, 0.2) is 0 Å². The van der Waals surface area contributed by atoms with Crippen LogP contribution in [0, 0.1) is 5.82 Å². The quantitative estimate of drug-likeness (QED) is 0.789. The van der Waals surface area contributed by atoms with E-state index in [2.05, 4.69) is 10.6 Å². The van der Waals surface area contributed by atoms with Gasteiger partial charge in [-0.15, -0.1) is 0 Å². The fraction of sp³-hybridized carbons (Fsp3) is 0.467. The number of amides is 2. The maximum atomic E-state index is 12.7. The molecule has 1 aromatic carbocycles. The number of carbonyl (C=O) groups is 2. The molecule has 1 heterocycles. The summed E-state index contributed by atoms with van der Waals surface area (Å²) in [5, 5.41) is 5.09. The molecule has 0 radical (unpaired) electrons. The molecule has 114 valence electrons. The largest absolute Gasteiger partial charge is 0.376 e. The van der Waals surface area contributed by atoms with E-state index in [1.54, 1.807) is 12.1 Å². The molecule has 1 aromatic rings. The van der Waals surface area contributed by atoms with Gasteiger partial charge in [0.05, 0.1) is 6.10 Å². The van der Waals surface area contributed by atoms with E-state index in [4.69, 9.17) is 4.74 Å². The molecule has 1 aliphatic heterocycles. The molecule has 1 aliphatic rings. The van der Waals surface area contributed by atoms with Gasteiger partial charge in [-0.2, -0.15) is 0 Å². The monoisotopic (exact) mass is 294 g/mol. The maximum Gasteiger partial charge on any atom is 0.309 e. The highest BCUT2D eigenvalue weighted by Crippen LogP contribution is 2.10. The van der Waals surface area contributed by atoms with Gasteiger partial charge in [0.2, 0.25) is 0 Å². The van der Waals surface area contributed by atoms with Gasteiger partial charge in [-0.25, -0.2) is 4.39 Å². The molecule has 2 N–H and O–H groups in total. The Hall–Kier alpha value is -1.95. The predicted octanol–water partition coefficient (Wildman–Crippen LogP) is 0.780. The lowest BCUT2D eigenvalue weighted by Crippen LogP contribution is -2.43. The molecule has 6 heteroatoms. The normalized spacial score (nSPS) is 17.5. The number of hydrogen-bond donors (Lipinski definition) is 2. The van der Waals surface area contributed by atoms with Crippen LogP contribution < -0.4 is 10.6 Å². The van der Waals surface area contributed by atoms with E-state index in [-0.39, 0.29) is 11.9 Å². The maximum absolute atomic E-state index is 12.7. The molecular weight excluding hydrogens is 275 g/mol. The van der Waals surface area contributed by atoms with E-state index in [1.165, 1.54) is 12.1 Å². The van der Waals surface area contributed by atoms with Gasteiger partial charge in [-0.05, 0) is 37.0 Å². The number of carbonyl (C=O) groups excluding carboxylic acids is 2. The van der Waals surface area contributed by atoms with Crippen LogP contribution in [0.25, 0.3) is 0 Å². The van der Waals surface area contributed by atoms with Gasteiger partial charge in [0.25, 0.3) is 0 Å². The van der Waals surface area contributed by atoms with Crippen LogP contribution in [0.2, 0.25) is 0 Å². The Morgan fingerprint density at radius 3 is 2.57 bits per heavy atom. The van der Waals surface area contributed by atoms with E-state index < -0.39 is 11.8 Å². The van der Waals surface area contributed by atoms with E-state index in [0.717, 1.165) is 18.4 Å². The van der Waals surface area contributed by atoms with Crippen molar-refractivity contribution in [2.24, 2.45) is 0 Å². The van der Waals surface area contributed by atoms with Crippen molar-refractivity contribution in [3.05, 3.63) is 35.6 Å². The number of rotatable bonds is 5. The average molecular weight is 294 g/mol. The lowest BCUT2D eigenvalue weighted by Gasteiger charge is -2.10. The molecular formula is C15H19FN2O3. The summed E-state index contributed by atoms with van der Waals surface area (Å²) < 4.78 is 18.1. The highest BCUT2D eigenvalue weighted by Gasteiger charge is 2.18. The van der Waals surface area contributed by atoms with Crippen LogP contribution in [0.3, 0.4) is 0 Å². The number of ether oxygens (including phenoxy) is 1. The first-order chi connectivity index (χ1) is 10.1. The Kier molecular flexibility index (Phi) is 5.68. The first-order valence-corrected chi connectivity index (χ1v) is 7.07. The van der Waals surface area contributed by atoms with Crippen molar-refractivity contribution in [3.8, 4) is 0 Å². The van der Waals surface area contributed by atoms with Crippen LogP contribution in [-0.2, 0) is 20.7 Å². The van der Waals surface area contributed by atoms with Crippen LogP contribution in [0.15, 0.2) is 24.3 Å². The summed E-state index contributed by atoms with van der Waals surface area (Å²) in [4.78, 5) is 23.1. The molecule has 0 spiro atoms.